The molecule has 0 spiro atoms. The van der Waals surface area contributed by atoms with Crippen molar-refractivity contribution in [3.63, 3.8) is 0 Å². The predicted octanol–water partition coefficient (Wildman–Crippen LogP) is 1.90. The lowest BCUT2D eigenvalue weighted by Gasteiger charge is -2.28. The van der Waals surface area contributed by atoms with E-state index >= 15 is 0 Å². The summed E-state index contributed by atoms with van der Waals surface area (Å²) >= 11 is 0.685. The Morgan fingerprint density at radius 3 is 2.75 bits per heavy atom. The summed E-state index contributed by atoms with van der Waals surface area (Å²) in [7, 11) is -3.17. The lowest BCUT2D eigenvalue weighted by atomic mass is 10.2. The molecule has 0 bridgehead atoms. The number of benzene rings is 1. The van der Waals surface area contributed by atoms with Gasteiger partial charge in [-0.15, -0.1) is 0 Å². The SMILES string of the molecule is CCN(C(=O)CN1C(=O)S/C(=C\c2cccc(F)c2)C1=O)C1CCS(=O)(=O)C1. The monoisotopic (exact) mass is 426 g/mol. The number of thioether (sulfide) groups is 1. The van der Waals surface area contributed by atoms with Crippen molar-refractivity contribution < 1.29 is 27.2 Å². The van der Waals surface area contributed by atoms with Crippen LogP contribution in [-0.2, 0) is 19.4 Å². The quantitative estimate of drug-likeness (QED) is 0.668. The average Bonchev–Trinajstić information content (AvgIpc) is 3.10. The number of likely N-dealkylation sites (N-methyl/N-ethyl adjacent to an activating group) is 1. The Morgan fingerprint density at radius 2 is 2.14 bits per heavy atom. The molecular weight excluding hydrogens is 407 g/mol. The normalized spacial score (nSPS) is 22.9. The molecule has 3 rings (SSSR count). The van der Waals surface area contributed by atoms with Crippen LogP contribution in [0.2, 0.25) is 0 Å². The van der Waals surface area contributed by atoms with Gasteiger partial charge < -0.3 is 4.90 Å². The minimum Gasteiger partial charge on any atom is -0.337 e. The maximum Gasteiger partial charge on any atom is 0.294 e. The summed E-state index contributed by atoms with van der Waals surface area (Å²) in [5.74, 6) is -1.64. The highest BCUT2D eigenvalue weighted by molar-refractivity contribution is 8.18. The van der Waals surface area contributed by atoms with Gasteiger partial charge in [0.05, 0.1) is 16.4 Å². The first kappa shape index (κ1) is 20.5. The van der Waals surface area contributed by atoms with Crippen LogP contribution in [0.5, 0.6) is 0 Å². The van der Waals surface area contributed by atoms with Crippen molar-refractivity contribution in [1.82, 2.24) is 9.80 Å². The zero-order valence-corrected chi connectivity index (χ0v) is 16.8. The van der Waals surface area contributed by atoms with E-state index in [1.165, 1.54) is 29.2 Å². The van der Waals surface area contributed by atoms with Gasteiger partial charge in [-0.3, -0.25) is 19.3 Å². The zero-order chi connectivity index (χ0) is 20.5. The van der Waals surface area contributed by atoms with Crippen molar-refractivity contribution in [1.29, 1.82) is 0 Å². The predicted molar refractivity (Wildman–Crippen MR) is 104 cm³/mol. The van der Waals surface area contributed by atoms with Crippen LogP contribution in [0, 0.1) is 5.82 Å². The molecule has 0 aliphatic carbocycles. The van der Waals surface area contributed by atoms with E-state index in [9.17, 15) is 27.2 Å². The van der Waals surface area contributed by atoms with Gasteiger partial charge >= 0.3 is 0 Å². The molecule has 7 nitrogen and oxygen atoms in total. The molecule has 0 saturated carbocycles. The number of halogens is 1. The Kier molecular flexibility index (Phi) is 5.90. The fourth-order valence-corrected chi connectivity index (χ4v) is 5.84. The third-order valence-corrected chi connectivity index (χ3v) is 7.28. The van der Waals surface area contributed by atoms with Crippen molar-refractivity contribution in [3.8, 4) is 0 Å². The van der Waals surface area contributed by atoms with Gasteiger partial charge in [-0.2, -0.15) is 0 Å². The van der Waals surface area contributed by atoms with Gasteiger partial charge in [-0.25, -0.2) is 12.8 Å². The van der Waals surface area contributed by atoms with E-state index in [0.717, 1.165) is 4.90 Å². The first-order valence-electron chi connectivity index (χ1n) is 8.71. The van der Waals surface area contributed by atoms with Crippen LogP contribution in [0.15, 0.2) is 29.2 Å². The lowest BCUT2D eigenvalue weighted by Crippen LogP contribution is -2.47. The molecule has 0 radical (unpaired) electrons. The molecule has 0 N–H and O–H groups in total. The van der Waals surface area contributed by atoms with Crippen molar-refractivity contribution in [2.75, 3.05) is 24.6 Å². The molecule has 3 amide bonds. The Hall–Kier alpha value is -2.20. The first-order chi connectivity index (χ1) is 13.2. The van der Waals surface area contributed by atoms with E-state index in [1.807, 2.05) is 0 Å². The van der Waals surface area contributed by atoms with Crippen molar-refractivity contribution in [2.24, 2.45) is 0 Å². The molecule has 1 aromatic carbocycles. The number of carbonyl (C=O) groups excluding carboxylic acids is 3. The highest BCUT2D eigenvalue weighted by atomic mass is 32.2. The summed E-state index contributed by atoms with van der Waals surface area (Å²) in [5, 5.41) is -0.587. The number of imide groups is 1. The molecule has 2 saturated heterocycles. The standard InChI is InChI=1S/C18H19FN2O5S2/c1-2-20(14-6-7-28(25,26)11-14)16(22)10-21-17(23)15(27-18(21)24)9-12-4-3-5-13(19)8-12/h3-5,8-9,14H,2,6-7,10-11H2,1H3/b15-9-. The van der Waals surface area contributed by atoms with E-state index in [1.54, 1.807) is 13.0 Å². The second kappa shape index (κ2) is 8.04. The largest absolute Gasteiger partial charge is 0.337 e. The summed E-state index contributed by atoms with van der Waals surface area (Å²) in [4.78, 5) is 39.7. The molecular formula is C18H19FN2O5S2. The van der Waals surface area contributed by atoms with E-state index in [0.29, 0.717) is 23.7 Å². The molecule has 2 fully saturated rings. The lowest BCUT2D eigenvalue weighted by molar-refractivity contribution is -0.137. The highest BCUT2D eigenvalue weighted by Gasteiger charge is 2.39. The van der Waals surface area contributed by atoms with Crippen LogP contribution in [0.3, 0.4) is 0 Å². The van der Waals surface area contributed by atoms with Crippen molar-refractivity contribution in [3.05, 3.63) is 40.6 Å². The first-order valence-corrected chi connectivity index (χ1v) is 11.3. The fourth-order valence-electron chi connectivity index (χ4n) is 3.27. The topological polar surface area (TPSA) is 91.8 Å². The number of nitrogens with zero attached hydrogens (tertiary/aromatic N) is 2. The van der Waals surface area contributed by atoms with Gasteiger partial charge in [0.25, 0.3) is 11.1 Å². The van der Waals surface area contributed by atoms with Crippen molar-refractivity contribution in [2.45, 2.75) is 19.4 Å². The van der Waals surface area contributed by atoms with Gasteiger partial charge in [-0.05, 0) is 48.9 Å². The van der Waals surface area contributed by atoms with Crippen LogP contribution in [0.25, 0.3) is 6.08 Å². The molecule has 0 aromatic heterocycles. The van der Waals surface area contributed by atoms with Gasteiger partial charge in [0.1, 0.15) is 12.4 Å². The molecule has 150 valence electrons. The average molecular weight is 426 g/mol. The van der Waals surface area contributed by atoms with Crippen LogP contribution in [0.4, 0.5) is 9.18 Å². The third-order valence-electron chi connectivity index (χ3n) is 4.62. The number of sulfone groups is 1. The Morgan fingerprint density at radius 1 is 1.39 bits per heavy atom. The molecule has 1 unspecified atom stereocenters. The van der Waals surface area contributed by atoms with E-state index in [-0.39, 0.29) is 23.0 Å². The van der Waals surface area contributed by atoms with E-state index < -0.39 is 45.3 Å². The van der Waals surface area contributed by atoms with Crippen LogP contribution < -0.4 is 0 Å². The molecule has 1 aromatic rings. The summed E-state index contributed by atoms with van der Waals surface area (Å²) in [6.07, 6.45) is 1.75. The van der Waals surface area contributed by atoms with Gasteiger partial charge in [0.15, 0.2) is 9.84 Å². The van der Waals surface area contributed by atoms with Crippen molar-refractivity contribution >= 4 is 44.7 Å². The van der Waals surface area contributed by atoms with E-state index in [2.05, 4.69) is 0 Å². The number of hydrogen-bond donors (Lipinski definition) is 0. The summed E-state index contributed by atoms with van der Waals surface area (Å²) in [6, 6.07) is 5.15. The van der Waals surface area contributed by atoms with Crippen LogP contribution in [-0.4, -0.2) is 65.9 Å². The fraction of sp³-hybridized carbons (Fsp3) is 0.389. The summed E-state index contributed by atoms with van der Waals surface area (Å²) < 4.78 is 36.7. The maximum atomic E-state index is 13.3. The zero-order valence-electron chi connectivity index (χ0n) is 15.1. The number of rotatable bonds is 5. The molecule has 10 heteroatoms. The van der Waals surface area contributed by atoms with Gasteiger partial charge in [0, 0.05) is 12.6 Å². The van der Waals surface area contributed by atoms with Gasteiger partial charge in [-0.1, -0.05) is 12.1 Å². The smallest absolute Gasteiger partial charge is 0.294 e. The molecule has 1 atom stereocenters. The Balaban J connectivity index is 1.72. The summed E-state index contributed by atoms with van der Waals surface area (Å²) in [5.41, 5.74) is 0.433. The number of hydrogen-bond acceptors (Lipinski definition) is 6. The van der Waals surface area contributed by atoms with Crippen LogP contribution in [0.1, 0.15) is 18.9 Å². The molecule has 28 heavy (non-hydrogen) atoms. The minimum absolute atomic E-state index is 0.0272. The van der Waals surface area contributed by atoms with E-state index in [4.69, 9.17) is 0 Å². The van der Waals surface area contributed by atoms with Crippen LogP contribution >= 0.6 is 11.8 Å². The third kappa shape index (κ3) is 4.44. The number of amides is 3. The van der Waals surface area contributed by atoms with Gasteiger partial charge in [0.2, 0.25) is 5.91 Å². The second-order valence-corrected chi connectivity index (χ2v) is 9.78. The Labute approximate surface area is 166 Å². The Bertz CT molecular complexity index is 960. The number of carbonyl (C=O) groups is 3. The maximum absolute atomic E-state index is 13.3. The minimum atomic E-state index is -3.17. The summed E-state index contributed by atoms with van der Waals surface area (Å²) in [6.45, 7) is 1.56. The second-order valence-electron chi connectivity index (χ2n) is 6.56. The highest BCUT2D eigenvalue weighted by Crippen LogP contribution is 2.32. The molecule has 2 heterocycles. The molecule has 2 aliphatic rings. The molecule has 2 aliphatic heterocycles.